The van der Waals surface area contributed by atoms with Crippen molar-refractivity contribution in [2.75, 3.05) is 62.8 Å². The van der Waals surface area contributed by atoms with Gasteiger partial charge in [-0.25, -0.2) is 18.4 Å². The number of fused-ring (bicyclic) bond motifs is 4. The van der Waals surface area contributed by atoms with Crippen molar-refractivity contribution in [3.05, 3.63) is 41.5 Å². The van der Waals surface area contributed by atoms with Gasteiger partial charge in [0.15, 0.2) is 5.82 Å². The lowest BCUT2D eigenvalue weighted by Gasteiger charge is -2.34. The van der Waals surface area contributed by atoms with Gasteiger partial charge in [-0.05, 0) is 131 Å². The van der Waals surface area contributed by atoms with E-state index < -0.39 is 63.4 Å². The Balaban J connectivity index is 1.23. The molecule has 69 heavy (non-hydrogen) atoms. The predicted molar refractivity (Wildman–Crippen MR) is 253 cm³/mol. The minimum absolute atomic E-state index is 0.0121. The molecule has 20 heteroatoms. The lowest BCUT2D eigenvalue weighted by atomic mass is 9.93. The Morgan fingerprint density at radius 3 is 2.28 bits per heavy atom. The van der Waals surface area contributed by atoms with E-state index in [1.165, 1.54) is 6.07 Å². The first-order chi connectivity index (χ1) is 32.2. The van der Waals surface area contributed by atoms with E-state index in [0.717, 1.165) is 48.9 Å². The Labute approximate surface area is 403 Å². The number of hydrogen-bond donors (Lipinski definition) is 1. The third kappa shape index (κ3) is 13.0. The maximum atomic E-state index is 17.6. The van der Waals surface area contributed by atoms with Crippen molar-refractivity contribution in [3.8, 4) is 17.1 Å². The van der Waals surface area contributed by atoms with E-state index in [2.05, 4.69) is 15.2 Å². The maximum Gasteiger partial charge on any atom is 0.417 e. The minimum atomic E-state index is -5.12. The second-order valence-corrected chi connectivity index (χ2v) is 22.0. The molecule has 0 saturated carbocycles. The summed E-state index contributed by atoms with van der Waals surface area (Å²) in [6.45, 7) is 18.8. The average molecular weight is 991 g/mol. The quantitative estimate of drug-likeness (QED) is 0.0589. The normalized spacial score (nSPS) is 19.3. The number of aromatic nitrogens is 2. The standard InChI is InChI=1S/C49H63F5N6O8S/c1-46(2,3)66-37(61)16-21-64-20-11-18-58-17-10-12-29(58)27-65-43-56-40-33(42(57-43)59-19-15-28-22-30(26-59)60(25-28)45(63)68-48(7,8)9)23-34(49(52,53)54)38(39(40)51)31-13-14-35(50)41-32(31)24-36(69-41)55-44(62)67-47(4,5)6/h13-14,23-24,28-30H,10-12,15-22,25-27H2,1-9H3,(H,55,62)/t28?,29-,30?/m0/s1. The van der Waals surface area contributed by atoms with Gasteiger partial charge in [-0.15, -0.1) is 11.3 Å². The summed E-state index contributed by atoms with van der Waals surface area (Å²) in [6.07, 6.45) is -2.82. The number of nitrogens with zero attached hydrogens (tertiary/aromatic N) is 5. The van der Waals surface area contributed by atoms with Gasteiger partial charge >= 0.3 is 30.3 Å². The number of hydrogen-bond acceptors (Lipinski definition) is 13. The van der Waals surface area contributed by atoms with Crippen LogP contribution in [-0.4, -0.2) is 119 Å². The molecule has 0 aliphatic carbocycles. The van der Waals surface area contributed by atoms with E-state index in [9.17, 15) is 14.4 Å². The van der Waals surface area contributed by atoms with Crippen molar-refractivity contribution in [1.29, 1.82) is 0 Å². The zero-order chi connectivity index (χ0) is 50.2. The summed E-state index contributed by atoms with van der Waals surface area (Å²) < 4.78 is 108. The number of alkyl halides is 3. The molecule has 2 amide bonds. The highest BCUT2D eigenvalue weighted by molar-refractivity contribution is 7.23. The molecule has 3 aliphatic rings. The molecule has 3 aliphatic heterocycles. The van der Waals surface area contributed by atoms with Gasteiger partial charge in [0, 0.05) is 55.2 Å². The molecule has 2 aromatic heterocycles. The molecule has 378 valence electrons. The molecule has 1 N–H and O–H groups in total. The van der Waals surface area contributed by atoms with Crippen LogP contribution in [0.2, 0.25) is 0 Å². The van der Waals surface area contributed by atoms with Crippen LogP contribution < -0.4 is 15.0 Å². The first kappa shape index (κ1) is 51.8. The summed E-state index contributed by atoms with van der Waals surface area (Å²) in [4.78, 5) is 53.0. The van der Waals surface area contributed by atoms with Crippen LogP contribution >= 0.6 is 11.3 Å². The first-order valence-electron chi connectivity index (χ1n) is 23.5. The molecule has 0 spiro atoms. The number of benzene rings is 2. The molecule has 3 fully saturated rings. The van der Waals surface area contributed by atoms with Gasteiger partial charge < -0.3 is 33.5 Å². The van der Waals surface area contributed by atoms with E-state index in [1.807, 2.05) is 0 Å². The van der Waals surface area contributed by atoms with Crippen molar-refractivity contribution in [2.24, 2.45) is 5.92 Å². The summed E-state index contributed by atoms with van der Waals surface area (Å²) >= 11 is 0.768. The van der Waals surface area contributed by atoms with Crippen molar-refractivity contribution in [1.82, 2.24) is 19.8 Å². The zero-order valence-corrected chi connectivity index (χ0v) is 41.6. The van der Waals surface area contributed by atoms with Crippen LogP contribution in [0.1, 0.15) is 106 Å². The molecule has 14 nitrogen and oxygen atoms in total. The molecular formula is C49H63F5N6O8S. The van der Waals surface area contributed by atoms with E-state index in [4.69, 9.17) is 28.7 Å². The lowest BCUT2D eigenvalue weighted by Crippen LogP contribution is -2.46. The number of carbonyl (C=O) groups excluding carboxylic acids is 3. The van der Waals surface area contributed by atoms with E-state index in [-0.39, 0.29) is 88.0 Å². The monoisotopic (exact) mass is 990 g/mol. The number of thiophene rings is 1. The largest absolute Gasteiger partial charge is 0.462 e. The molecule has 7 rings (SSSR count). The van der Waals surface area contributed by atoms with E-state index >= 15 is 22.0 Å². The summed E-state index contributed by atoms with van der Waals surface area (Å²) in [6, 6.07) is 3.45. The molecule has 5 heterocycles. The van der Waals surface area contributed by atoms with Crippen molar-refractivity contribution >= 4 is 61.3 Å². The Kier molecular flexibility index (Phi) is 15.3. The summed E-state index contributed by atoms with van der Waals surface area (Å²) in [5.74, 6) is -2.35. The third-order valence-electron chi connectivity index (χ3n) is 11.9. The topological polar surface area (TPSA) is 145 Å². The van der Waals surface area contributed by atoms with Crippen LogP contribution in [0.15, 0.2) is 24.3 Å². The highest BCUT2D eigenvalue weighted by Gasteiger charge is 2.43. The predicted octanol–water partition coefficient (Wildman–Crippen LogP) is 11.0. The second-order valence-electron chi connectivity index (χ2n) is 21.0. The smallest absolute Gasteiger partial charge is 0.417 e. The molecule has 2 bridgehead atoms. The summed E-state index contributed by atoms with van der Waals surface area (Å²) in [5, 5.41) is 2.30. The molecule has 4 aromatic rings. The summed E-state index contributed by atoms with van der Waals surface area (Å²) in [5.41, 5.74) is -5.13. The average Bonchev–Trinajstić information content (AvgIpc) is 3.92. The fraction of sp³-hybridized carbons (Fsp3) is 0.612. The number of halogens is 5. The van der Waals surface area contributed by atoms with Crippen molar-refractivity contribution in [3.63, 3.8) is 0 Å². The second kappa shape index (κ2) is 20.3. The van der Waals surface area contributed by atoms with Gasteiger partial charge in [0.05, 0.1) is 34.3 Å². The third-order valence-corrected chi connectivity index (χ3v) is 13.0. The Bertz CT molecular complexity index is 2540. The highest BCUT2D eigenvalue weighted by Crippen LogP contribution is 2.47. The van der Waals surface area contributed by atoms with Gasteiger partial charge in [-0.1, -0.05) is 6.07 Å². The van der Waals surface area contributed by atoms with Crippen LogP contribution in [0.3, 0.4) is 0 Å². The van der Waals surface area contributed by atoms with Crippen LogP contribution in [0.25, 0.3) is 32.1 Å². The van der Waals surface area contributed by atoms with E-state index in [1.54, 1.807) is 72.1 Å². The van der Waals surface area contributed by atoms with Crippen molar-refractivity contribution < 1.29 is 60.0 Å². The van der Waals surface area contributed by atoms with Crippen LogP contribution in [0.5, 0.6) is 6.01 Å². The minimum Gasteiger partial charge on any atom is -0.462 e. The molecular weight excluding hydrogens is 928 g/mol. The molecule has 0 radical (unpaired) electrons. The molecule has 3 saturated heterocycles. The van der Waals surface area contributed by atoms with Crippen LogP contribution in [-0.2, 0) is 29.9 Å². The fourth-order valence-corrected chi connectivity index (χ4v) is 10.1. The highest BCUT2D eigenvalue weighted by atomic mass is 32.1. The number of esters is 1. The fourth-order valence-electron chi connectivity index (χ4n) is 9.14. The van der Waals surface area contributed by atoms with E-state index in [0.29, 0.717) is 45.5 Å². The number of rotatable bonds is 13. The van der Waals surface area contributed by atoms with Gasteiger partial charge in [0.2, 0.25) is 0 Å². The number of nitrogens with one attached hydrogen (secondary N) is 1. The lowest BCUT2D eigenvalue weighted by molar-refractivity contribution is -0.156. The molecule has 2 unspecified atom stereocenters. The maximum absolute atomic E-state index is 17.6. The number of carbonyl (C=O) groups is 3. The van der Waals surface area contributed by atoms with Gasteiger partial charge in [0.1, 0.15) is 40.6 Å². The number of ether oxygens (including phenoxy) is 5. The van der Waals surface area contributed by atoms with Crippen molar-refractivity contribution in [2.45, 2.75) is 136 Å². The number of anilines is 2. The SMILES string of the molecule is CC(C)(C)OC(=O)CCOCCCN1CCC[C@H]1COc1nc(N2CCC3CC(C2)N(C(=O)OC(C)(C)C)C3)c2cc(C(F)(F)F)c(-c3ccc(F)c4sc(NC(=O)OC(C)(C)C)cc34)c(F)c2n1. The van der Waals surface area contributed by atoms with Gasteiger partial charge in [-0.3, -0.25) is 15.0 Å². The zero-order valence-electron chi connectivity index (χ0n) is 40.7. The van der Waals surface area contributed by atoms with Gasteiger partial charge in [0.25, 0.3) is 0 Å². The molecule has 3 atom stereocenters. The Morgan fingerprint density at radius 1 is 0.855 bits per heavy atom. The number of amides is 2. The molecule has 2 aromatic carbocycles. The Morgan fingerprint density at radius 2 is 1.58 bits per heavy atom. The summed E-state index contributed by atoms with van der Waals surface area (Å²) in [7, 11) is 0. The van der Waals surface area contributed by atoms with Crippen LogP contribution in [0.4, 0.5) is 42.4 Å². The number of likely N-dealkylation sites (tertiary alicyclic amines) is 2. The van der Waals surface area contributed by atoms with Gasteiger partial charge in [-0.2, -0.15) is 23.1 Å². The Hall–Kier alpha value is -5.08. The first-order valence-corrected chi connectivity index (χ1v) is 24.3. The van der Waals surface area contributed by atoms with Crippen LogP contribution in [0, 0.1) is 17.6 Å².